The number of carbonyl (C=O) groups excluding carboxylic acids is 1. The first-order valence-electron chi connectivity index (χ1n) is 10.1. The molecular formula is C26H25ClN2O. The largest absolute Gasteiger partial charge is 0.348 e. The van der Waals surface area contributed by atoms with Crippen molar-refractivity contribution in [3.05, 3.63) is 105 Å². The highest BCUT2D eigenvalue weighted by molar-refractivity contribution is 6.30. The lowest BCUT2D eigenvalue weighted by atomic mass is 10.1. The van der Waals surface area contributed by atoms with Crippen LogP contribution in [0.3, 0.4) is 0 Å². The number of nitrogens with zero attached hydrogens (tertiary/aromatic N) is 1. The standard InChI is InChI=1S/C26H25ClN2O/c1-17-5-4-6-21(13-17)16-29-19(3)18(2)24-14-22(9-12-25(24)29)26(30)28-15-20-7-10-23(27)11-8-20/h4-14H,15-16H2,1-3H3,(H,28,30). The average Bonchev–Trinajstić information content (AvgIpc) is 2.97. The van der Waals surface area contributed by atoms with Gasteiger partial charge in [0.2, 0.25) is 0 Å². The maximum absolute atomic E-state index is 12.7. The second kappa shape index (κ2) is 8.37. The van der Waals surface area contributed by atoms with Gasteiger partial charge in [-0.3, -0.25) is 4.79 Å². The second-order valence-electron chi connectivity index (χ2n) is 7.83. The minimum Gasteiger partial charge on any atom is -0.348 e. The van der Waals surface area contributed by atoms with Gasteiger partial charge in [0.05, 0.1) is 0 Å². The first-order chi connectivity index (χ1) is 14.4. The molecule has 3 nitrogen and oxygen atoms in total. The topological polar surface area (TPSA) is 34.0 Å². The molecule has 4 aromatic rings. The van der Waals surface area contributed by atoms with Gasteiger partial charge in [0.15, 0.2) is 0 Å². The van der Waals surface area contributed by atoms with Gasteiger partial charge in [-0.2, -0.15) is 0 Å². The van der Waals surface area contributed by atoms with Gasteiger partial charge in [-0.1, -0.05) is 53.6 Å². The van der Waals surface area contributed by atoms with Gasteiger partial charge in [-0.15, -0.1) is 0 Å². The summed E-state index contributed by atoms with van der Waals surface area (Å²) in [5, 5.41) is 4.81. The summed E-state index contributed by atoms with van der Waals surface area (Å²) < 4.78 is 2.33. The third-order valence-corrected chi connectivity index (χ3v) is 5.94. The Hall–Kier alpha value is -3.04. The predicted molar refractivity (Wildman–Crippen MR) is 124 cm³/mol. The summed E-state index contributed by atoms with van der Waals surface area (Å²) >= 11 is 5.92. The van der Waals surface area contributed by atoms with Crippen LogP contribution in [-0.2, 0) is 13.1 Å². The maximum Gasteiger partial charge on any atom is 0.251 e. The lowest BCUT2D eigenvalue weighted by Crippen LogP contribution is -2.22. The van der Waals surface area contributed by atoms with Gasteiger partial charge in [-0.25, -0.2) is 0 Å². The van der Waals surface area contributed by atoms with E-state index in [4.69, 9.17) is 11.6 Å². The summed E-state index contributed by atoms with van der Waals surface area (Å²) in [6.07, 6.45) is 0. The molecule has 30 heavy (non-hydrogen) atoms. The number of nitrogens with one attached hydrogen (secondary N) is 1. The third-order valence-electron chi connectivity index (χ3n) is 5.69. The van der Waals surface area contributed by atoms with Crippen LogP contribution in [0.4, 0.5) is 0 Å². The van der Waals surface area contributed by atoms with E-state index in [1.54, 1.807) is 0 Å². The van der Waals surface area contributed by atoms with Crippen molar-refractivity contribution in [3.8, 4) is 0 Å². The minimum absolute atomic E-state index is 0.0738. The summed E-state index contributed by atoms with van der Waals surface area (Å²) in [6.45, 7) is 7.68. The number of fused-ring (bicyclic) bond motifs is 1. The molecule has 152 valence electrons. The van der Waals surface area contributed by atoms with E-state index in [2.05, 4.69) is 61.0 Å². The van der Waals surface area contributed by atoms with E-state index >= 15 is 0 Å². The van der Waals surface area contributed by atoms with Crippen molar-refractivity contribution in [1.29, 1.82) is 0 Å². The Morgan fingerprint density at radius 2 is 1.70 bits per heavy atom. The zero-order valence-corrected chi connectivity index (χ0v) is 18.3. The SMILES string of the molecule is Cc1cccc(Cn2c(C)c(C)c3cc(C(=O)NCc4ccc(Cl)cc4)ccc32)c1. The Bertz CT molecular complexity index is 1220. The van der Waals surface area contributed by atoms with E-state index in [1.807, 2.05) is 36.4 Å². The lowest BCUT2D eigenvalue weighted by molar-refractivity contribution is 0.0951. The summed E-state index contributed by atoms with van der Waals surface area (Å²) in [7, 11) is 0. The van der Waals surface area contributed by atoms with Crippen molar-refractivity contribution >= 4 is 28.4 Å². The number of halogens is 1. The van der Waals surface area contributed by atoms with Crippen LogP contribution < -0.4 is 5.32 Å². The molecule has 4 rings (SSSR count). The van der Waals surface area contributed by atoms with Crippen molar-refractivity contribution in [1.82, 2.24) is 9.88 Å². The number of carbonyl (C=O) groups is 1. The van der Waals surface area contributed by atoms with Crippen LogP contribution in [0.2, 0.25) is 5.02 Å². The molecule has 3 aromatic carbocycles. The molecule has 1 amide bonds. The van der Waals surface area contributed by atoms with Gasteiger partial charge in [-0.05, 0) is 67.8 Å². The van der Waals surface area contributed by atoms with E-state index in [-0.39, 0.29) is 5.91 Å². The monoisotopic (exact) mass is 416 g/mol. The second-order valence-corrected chi connectivity index (χ2v) is 8.26. The Kier molecular flexibility index (Phi) is 5.65. The quantitative estimate of drug-likeness (QED) is 0.413. The molecule has 0 saturated heterocycles. The van der Waals surface area contributed by atoms with E-state index < -0.39 is 0 Å². The molecule has 0 unspecified atom stereocenters. The first kappa shape index (κ1) is 20.2. The number of benzene rings is 3. The maximum atomic E-state index is 12.7. The van der Waals surface area contributed by atoms with Gasteiger partial charge in [0.25, 0.3) is 5.91 Å². The molecule has 0 aliphatic heterocycles. The predicted octanol–water partition coefficient (Wildman–Crippen LogP) is 6.20. The van der Waals surface area contributed by atoms with Gasteiger partial charge in [0.1, 0.15) is 0 Å². The van der Waals surface area contributed by atoms with Crippen molar-refractivity contribution in [2.45, 2.75) is 33.9 Å². The first-order valence-corrected chi connectivity index (χ1v) is 10.5. The smallest absolute Gasteiger partial charge is 0.251 e. The van der Waals surface area contributed by atoms with Crippen LogP contribution in [0.25, 0.3) is 10.9 Å². The summed E-state index contributed by atoms with van der Waals surface area (Å²) in [4.78, 5) is 12.7. The Balaban J connectivity index is 1.58. The molecule has 0 aliphatic carbocycles. The number of amides is 1. The Morgan fingerprint density at radius 1 is 0.933 bits per heavy atom. The normalized spacial score (nSPS) is 11.1. The molecule has 4 heteroatoms. The summed E-state index contributed by atoms with van der Waals surface area (Å²) in [5.41, 5.74) is 7.83. The number of aromatic nitrogens is 1. The molecule has 1 N–H and O–H groups in total. The van der Waals surface area contributed by atoms with Crippen molar-refractivity contribution in [2.75, 3.05) is 0 Å². The van der Waals surface area contributed by atoms with Gasteiger partial charge >= 0.3 is 0 Å². The molecular weight excluding hydrogens is 392 g/mol. The number of hydrogen-bond acceptors (Lipinski definition) is 1. The average molecular weight is 417 g/mol. The number of hydrogen-bond donors (Lipinski definition) is 1. The molecule has 0 spiro atoms. The summed E-state index contributed by atoms with van der Waals surface area (Å²) in [5.74, 6) is -0.0738. The Morgan fingerprint density at radius 3 is 2.43 bits per heavy atom. The van der Waals surface area contributed by atoms with Crippen molar-refractivity contribution in [2.24, 2.45) is 0 Å². The van der Waals surface area contributed by atoms with Crippen LogP contribution in [0.1, 0.15) is 38.3 Å². The van der Waals surface area contributed by atoms with Crippen LogP contribution >= 0.6 is 11.6 Å². The van der Waals surface area contributed by atoms with E-state index in [9.17, 15) is 4.79 Å². The summed E-state index contributed by atoms with van der Waals surface area (Å²) in [6, 6.07) is 22.1. The molecule has 0 fully saturated rings. The molecule has 0 bridgehead atoms. The van der Waals surface area contributed by atoms with Crippen LogP contribution in [-0.4, -0.2) is 10.5 Å². The van der Waals surface area contributed by atoms with Crippen LogP contribution in [0.15, 0.2) is 66.7 Å². The minimum atomic E-state index is -0.0738. The molecule has 0 aliphatic rings. The van der Waals surface area contributed by atoms with E-state index in [0.29, 0.717) is 17.1 Å². The zero-order chi connectivity index (χ0) is 21.3. The highest BCUT2D eigenvalue weighted by Gasteiger charge is 2.14. The highest BCUT2D eigenvalue weighted by Crippen LogP contribution is 2.27. The van der Waals surface area contributed by atoms with E-state index in [0.717, 1.165) is 23.0 Å². The van der Waals surface area contributed by atoms with Crippen molar-refractivity contribution in [3.63, 3.8) is 0 Å². The van der Waals surface area contributed by atoms with Gasteiger partial charge in [0, 0.05) is 40.3 Å². The molecule has 1 heterocycles. The van der Waals surface area contributed by atoms with Gasteiger partial charge < -0.3 is 9.88 Å². The zero-order valence-electron chi connectivity index (χ0n) is 17.5. The van der Waals surface area contributed by atoms with Crippen LogP contribution in [0.5, 0.6) is 0 Å². The fourth-order valence-corrected chi connectivity index (χ4v) is 4.00. The lowest BCUT2D eigenvalue weighted by Gasteiger charge is -2.10. The molecule has 1 aromatic heterocycles. The Labute approximate surface area is 182 Å². The fraction of sp³-hybridized carbons (Fsp3) is 0.192. The third kappa shape index (κ3) is 4.12. The molecule has 0 saturated carbocycles. The van der Waals surface area contributed by atoms with E-state index in [1.165, 1.54) is 22.4 Å². The number of aryl methyl sites for hydroxylation is 2. The molecule has 0 atom stereocenters. The molecule has 0 radical (unpaired) electrons. The fourth-order valence-electron chi connectivity index (χ4n) is 3.87. The van der Waals surface area contributed by atoms with Crippen molar-refractivity contribution < 1.29 is 4.79 Å². The highest BCUT2D eigenvalue weighted by atomic mass is 35.5. The van der Waals surface area contributed by atoms with Crippen LogP contribution in [0, 0.1) is 20.8 Å². The number of rotatable bonds is 5.